The SMILES string of the molecule is Cc1ccc(SCCNC(=O)COC(=O)c2csc(-c3cccc(Cl)c3)n2)cc1. The average Bonchev–Trinajstić information content (AvgIpc) is 3.21. The molecular formula is C21H19ClN2O3S2. The molecular weight excluding hydrogens is 428 g/mol. The van der Waals surface area contributed by atoms with E-state index in [9.17, 15) is 9.59 Å². The smallest absolute Gasteiger partial charge is 0.358 e. The van der Waals surface area contributed by atoms with Gasteiger partial charge in [0.25, 0.3) is 5.91 Å². The van der Waals surface area contributed by atoms with Crippen LogP contribution >= 0.6 is 34.7 Å². The quantitative estimate of drug-likeness (QED) is 0.304. The third-order valence-electron chi connectivity index (χ3n) is 3.83. The van der Waals surface area contributed by atoms with Crippen molar-refractivity contribution in [3.63, 3.8) is 0 Å². The fourth-order valence-electron chi connectivity index (χ4n) is 2.37. The minimum Gasteiger partial charge on any atom is -0.451 e. The molecule has 0 aliphatic rings. The van der Waals surface area contributed by atoms with Crippen LogP contribution in [0.3, 0.4) is 0 Å². The van der Waals surface area contributed by atoms with Gasteiger partial charge in [-0.15, -0.1) is 23.1 Å². The summed E-state index contributed by atoms with van der Waals surface area (Å²) in [6.45, 7) is 2.20. The third kappa shape index (κ3) is 6.59. The van der Waals surface area contributed by atoms with E-state index >= 15 is 0 Å². The number of ether oxygens (including phenoxy) is 1. The Kier molecular flexibility index (Phi) is 7.69. The minimum absolute atomic E-state index is 0.174. The highest BCUT2D eigenvalue weighted by molar-refractivity contribution is 7.99. The first-order valence-electron chi connectivity index (χ1n) is 8.86. The summed E-state index contributed by atoms with van der Waals surface area (Å²) in [5, 5.41) is 5.61. The first-order valence-corrected chi connectivity index (χ1v) is 11.1. The van der Waals surface area contributed by atoms with Crippen LogP contribution in [-0.2, 0) is 9.53 Å². The van der Waals surface area contributed by atoms with Gasteiger partial charge in [0.15, 0.2) is 12.3 Å². The highest BCUT2D eigenvalue weighted by atomic mass is 35.5. The van der Waals surface area contributed by atoms with Crippen LogP contribution in [0.1, 0.15) is 16.1 Å². The van der Waals surface area contributed by atoms with Crippen LogP contribution in [0.25, 0.3) is 10.6 Å². The minimum atomic E-state index is -0.626. The largest absolute Gasteiger partial charge is 0.451 e. The Morgan fingerprint density at radius 3 is 2.76 bits per heavy atom. The second-order valence-electron chi connectivity index (χ2n) is 6.14. The number of benzene rings is 2. The summed E-state index contributed by atoms with van der Waals surface area (Å²) in [4.78, 5) is 29.4. The molecule has 3 rings (SSSR count). The van der Waals surface area contributed by atoms with Gasteiger partial charge in [0.2, 0.25) is 0 Å². The van der Waals surface area contributed by atoms with E-state index in [1.807, 2.05) is 19.1 Å². The first-order chi connectivity index (χ1) is 14.0. The Bertz CT molecular complexity index is 990. The molecule has 0 spiro atoms. The zero-order chi connectivity index (χ0) is 20.6. The number of amides is 1. The highest BCUT2D eigenvalue weighted by Gasteiger charge is 2.15. The molecule has 0 radical (unpaired) electrons. The predicted molar refractivity (Wildman–Crippen MR) is 118 cm³/mol. The number of hydrogen-bond acceptors (Lipinski definition) is 6. The Morgan fingerprint density at radius 2 is 2.00 bits per heavy atom. The lowest BCUT2D eigenvalue weighted by atomic mass is 10.2. The lowest BCUT2D eigenvalue weighted by molar-refractivity contribution is -0.124. The van der Waals surface area contributed by atoms with Crippen LogP contribution in [0.15, 0.2) is 58.8 Å². The third-order valence-corrected chi connectivity index (χ3v) is 5.97. The topological polar surface area (TPSA) is 68.3 Å². The zero-order valence-electron chi connectivity index (χ0n) is 15.7. The van der Waals surface area contributed by atoms with Crippen LogP contribution in [-0.4, -0.2) is 35.8 Å². The summed E-state index contributed by atoms with van der Waals surface area (Å²) >= 11 is 8.95. The molecule has 1 heterocycles. The molecule has 0 unspecified atom stereocenters. The standard InChI is InChI=1S/C21H19ClN2O3S2/c1-14-5-7-17(8-6-14)28-10-9-23-19(25)12-27-21(26)18-13-29-20(24-18)15-3-2-4-16(22)11-15/h2-8,11,13H,9-10,12H2,1H3,(H,23,25). The number of carbonyl (C=O) groups is 2. The highest BCUT2D eigenvalue weighted by Crippen LogP contribution is 2.26. The normalized spacial score (nSPS) is 10.6. The number of hydrogen-bond donors (Lipinski definition) is 1. The van der Waals surface area contributed by atoms with Crippen molar-refractivity contribution in [1.29, 1.82) is 0 Å². The molecule has 1 N–H and O–H groups in total. The maximum atomic E-state index is 12.1. The Labute approximate surface area is 182 Å². The Balaban J connectivity index is 1.40. The second kappa shape index (κ2) is 10.4. The molecule has 0 fully saturated rings. The molecule has 0 aliphatic heterocycles. The fraction of sp³-hybridized carbons (Fsp3) is 0.190. The summed E-state index contributed by atoms with van der Waals surface area (Å²) in [6.07, 6.45) is 0. The number of nitrogens with zero attached hydrogens (tertiary/aromatic N) is 1. The molecule has 0 bridgehead atoms. The number of rotatable bonds is 8. The molecule has 5 nitrogen and oxygen atoms in total. The van der Waals surface area contributed by atoms with Gasteiger partial charge in [-0.3, -0.25) is 4.79 Å². The summed E-state index contributed by atoms with van der Waals surface area (Å²) in [5.74, 6) is -0.232. The van der Waals surface area contributed by atoms with Crippen molar-refractivity contribution in [2.45, 2.75) is 11.8 Å². The van der Waals surface area contributed by atoms with Gasteiger partial charge in [0, 0.05) is 33.2 Å². The van der Waals surface area contributed by atoms with Crippen LogP contribution in [0.2, 0.25) is 5.02 Å². The van der Waals surface area contributed by atoms with Gasteiger partial charge in [-0.1, -0.05) is 41.4 Å². The lowest BCUT2D eigenvalue weighted by Gasteiger charge is -2.06. The maximum absolute atomic E-state index is 12.1. The second-order valence-corrected chi connectivity index (χ2v) is 8.60. The van der Waals surface area contributed by atoms with Crippen LogP contribution < -0.4 is 5.32 Å². The molecule has 3 aromatic rings. The molecule has 0 saturated carbocycles. The van der Waals surface area contributed by atoms with Crippen molar-refractivity contribution in [3.8, 4) is 10.6 Å². The number of thiazole rings is 1. The molecule has 0 atom stereocenters. The van der Waals surface area contributed by atoms with Gasteiger partial charge < -0.3 is 10.1 Å². The van der Waals surface area contributed by atoms with Crippen LogP contribution in [0, 0.1) is 6.92 Å². The van der Waals surface area contributed by atoms with Gasteiger partial charge in [-0.2, -0.15) is 0 Å². The summed E-state index contributed by atoms with van der Waals surface area (Å²) in [6, 6.07) is 15.4. The van der Waals surface area contributed by atoms with E-state index in [-0.39, 0.29) is 18.2 Å². The van der Waals surface area contributed by atoms with Crippen molar-refractivity contribution < 1.29 is 14.3 Å². The average molecular weight is 447 g/mol. The number of thioether (sulfide) groups is 1. The molecule has 1 aromatic heterocycles. The number of aryl methyl sites for hydroxylation is 1. The number of esters is 1. The maximum Gasteiger partial charge on any atom is 0.358 e. The summed E-state index contributed by atoms with van der Waals surface area (Å²) in [5.41, 5.74) is 2.21. The number of carbonyl (C=O) groups excluding carboxylic acids is 2. The molecule has 2 aromatic carbocycles. The van der Waals surface area contributed by atoms with Gasteiger partial charge in [0.05, 0.1) is 0 Å². The van der Waals surface area contributed by atoms with Gasteiger partial charge in [-0.05, 0) is 31.2 Å². The molecule has 29 heavy (non-hydrogen) atoms. The molecule has 8 heteroatoms. The van der Waals surface area contributed by atoms with Crippen molar-refractivity contribution in [2.75, 3.05) is 18.9 Å². The van der Waals surface area contributed by atoms with Crippen molar-refractivity contribution in [1.82, 2.24) is 10.3 Å². The van der Waals surface area contributed by atoms with Crippen LogP contribution in [0.5, 0.6) is 0 Å². The van der Waals surface area contributed by atoms with E-state index < -0.39 is 5.97 Å². The van der Waals surface area contributed by atoms with E-state index in [1.54, 1.807) is 29.3 Å². The first kappa shape index (κ1) is 21.4. The van der Waals surface area contributed by atoms with E-state index in [1.165, 1.54) is 16.9 Å². The van der Waals surface area contributed by atoms with Crippen molar-refractivity contribution in [3.05, 3.63) is 70.2 Å². The van der Waals surface area contributed by atoms with E-state index in [0.717, 1.165) is 16.2 Å². The summed E-state index contributed by atoms with van der Waals surface area (Å²) in [7, 11) is 0. The van der Waals surface area contributed by atoms with Crippen molar-refractivity contribution in [2.24, 2.45) is 0 Å². The van der Waals surface area contributed by atoms with Crippen molar-refractivity contribution >= 4 is 46.6 Å². The van der Waals surface area contributed by atoms with Crippen LogP contribution in [0.4, 0.5) is 0 Å². The predicted octanol–water partition coefficient (Wildman–Crippen LogP) is 4.84. The van der Waals surface area contributed by atoms with E-state index in [2.05, 4.69) is 34.6 Å². The zero-order valence-corrected chi connectivity index (χ0v) is 18.1. The molecule has 1 amide bonds. The molecule has 0 aliphatic carbocycles. The Hall–Kier alpha value is -2.35. The number of nitrogens with one attached hydrogen (secondary N) is 1. The van der Waals surface area contributed by atoms with Gasteiger partial charge in [-0.25, -0.2) is 9.78 Å². The molecule has 150 valence electrons. The molecule has 0 saturated heterocycles. The number of halogens is 1. The monoisotopic (exact) mass is 446 g/mol. The van der Waals surface area contributed by atoms with Gasteiger partial charge in [0.1, 0.15) is 5.01 Å². The Morgan fingerprint density at radius 1 is 1.21 bits per heavy atom. The van der Waals surface area contributed by atoms with E-state index in [4.69, 9.17) is 16.3 Å². The van der Waals surface area contributed by atoms with Gasteiger partial charge >= 0.3 is 5.97 Å². The lowest BCUT2D eigenvalue weighted by Crippen LogP contribution is -2.30. The number of aromatic nitrogens is 1. The van der Waals surface area contributed by atoms with E-state index in [0.29, 0.717) is 16.6 Å². The fourth-order valence-corrected chi connectivity index (χ4v) is 4.12. The summed E-state index contributed by atoms with van der Waals surface area (Å²) < 4.78 is 5.05.